The number of halogens is 1. The van der Waals surface area contributed by atoms with E-state index in [0.29, 0.717) is 0 Å². The highest BCUT2D eigenvalue weighted by Gasteiger charge is 2.25. The summed E-state index contributed by atoms with van der Waals surface area (Å²) in [5.74, 6) is -0.902. The van der Waals surface area contributed by atoms with Gasteiger partial charge in [-0.2, -0.15) is 0 Å². The number of aliphatic hydroxyl groups is 2. The van der Waals surface area contributed by atoms with Crippen LogP contribution in [0.25, 0.3) is 0 Å². The summed E-state index contributed by atoms with van der Waals surface area (Å²) in [5.41, 5.74) is 0. The zero-order chi connectivity index (χ0) is 16.4. The van der Waals surface area contributed by atoms with Gasteiger partial charge in [0.1, 0.15) is 12.8 Å². The van der Waals surface area contributed by atoms with E-state index in [-0.39, 0.29) is 22.4 Å². The van der Waals surface area contributed by atoms with Crippen LogP contribution in [0.4, 0.5) is 0 Å². The molecule has 0 aromatic rings. The van der Waals surface area contributed by atoms with Crippen LogP contribution in [0, 0.1) is 0 Å². The number of aliphatic carboxylic acids is 1. The number of nitrogens with one attached hydrogen (secondary N) is 2. The molecule has 5 N–H and O–H groups in total. The van der Waals surface area contributed by atoms with Crippen molar-refractivity contribution in [2.24, 2.45) is 0 Å². The van der Waals surface area contributed by atoms with Crippen molar-refractivity contribution in [3.05, 3.63) is 0 Å². The molecule has 8 nitrogen and oxygen atoms in total. The second kappa shape index (κ2) is 11.3. The van der Waals surface area contributed by atoms with Gasteiger partial charge in [0, 0.05) is 40.8 Å². The summed E-state index contributed by atoms with van der Waals surface area (Å²) in [7, 11) is 1.57. The largest absolute Gasteiger partial charge is 0.481 e. The van der Waals surface area contributed by atoms with Crippen LogP contribution in [0.5, 0.6) is 0 Å². The molecule has 3 atom stereocenters. The molecule has 0 saturated heterocycles. The smallest absolute Gasteiger partial charge is 0.303 e. The van der Waals surface area contributed by atoms with Crippen molar-refractivity contribution in [1.82, 2.24) is 10.6 Å². The lowest BCUT2D eigenvalue weighted by Crippen LogP contribution is -2.52. The molecular formula is C11H19IN2O6S. The summed E-state index contributed by atoms with van der Waals surface area (Å²) < 4.78 is -0.294. The van der Waals surface area contributed by atoms with Crippen LogP contribution in [-0.4, -0.2) is 67.9 Å². The summed E-state index contributed by atoms with van der Waals surface area (Å²) in [5, 5.41) is 32.2. The van der Waals surface area contributed by atoms with Gasteiger partial charge >= 0.3 is 5.97 Å². The lowest BCUT2D eigenvalue weighted by atomic mass is 10.1. The number of thioether (sulfide) groups is 1. The van der Waals surface area contributed by atoms with Crippen LogP contribution in [0.2, 0.25) is 0 Å². The molecule has 0 radical (unpaired) electrons. The maximum Gasteiger partial charge on any atom is 0.303 e. The summed E-state index contributed by atoms with van der Waals surface area (Å²) in [6.07, 6.45) is -1.07. The fraction of sp³-hybridized carbons (Fsp3) is 0.727. The van der Waals surface area contributed by atoms with Crippen LogP contribution in [0.1, 0.15) is 12.8 Å². The van der Waals surface area contributed by atoms with Gasteiger partial charge in [0.05, 0.1) is 6.04 Å². The number of hydrogen-bond acceptors (Lipinski definition) is 8. The number of carbonyl (C=O) groups is 3. The molecule has 0 saturated carbocycles. The Morgan fingerprint density at radius 3 is 2.38 bits per heavy atom. The molecule has 0 rings (SSSR count). The molecule has 0 bridgehead atoms. The predicted octanol–water partition coefficient (Wildman–Crippen LogP) is -1.07. The average Bonchev–Trinajstić information content (AvgIpc) is 2.42. The molecule has 0 aliphatic heterocycles. The molecule has 10 heteroatoms. The summed E-state index contributed by atoms with van der Waals surface area (Å²) >= 11 is 2.34. The lowest BCUT2D eigenvalue weighted by molar-refractivity contribution is -0.137. The van der Waals surface area contributed by atoms with Gasteiger partial charge in [-0.25, -0.2) is 0 Å². The third-order valence-corrected chi connectivity index (χ3v) is 4.31. The van der Waals surface area contributed by atoms with Crippen LogP contribution in [-0.2, 0) is 14.4 Å². The van der Waals surface area contributed by atoms with Crippen molar-refractivity contribution in [2.45, 2.75) is 31.2 Å². The van der Waals surface area contributed by atoms with Crippen LogP contribution in [0.3, 0.4) is 0 Å². The molecule has 0 fully saturated rings. The minimum Gasteiger partial charge on any atom is -0.481 e. The van der Waals surface area contributed by atoms with Crippen LogP contribution in [0.15, 0.2) is 0 Å². The first kappa shape index (κ1) is 20.7. The van der Waals surface area contributed by atoms with E-state index in [1.54, 1.807) is 29.6 Å². The van der Waals surface area contributed by atoms with E-state index in [1.807, 2.05) is 0 Å². The Kier molecular flexibility index (Phi) is 11.2. The summed E-state index contributed by atoms with van der Waals surface area (Å²) in [6, 6.07) is -1.32. The highest BCUT2D eigenvalue weighted by Crippen LogP contribution is 2.10. The molecule has 122 valence electrons. The number of rotatable bonds is 11. The maximum atomic E-state index is 11.5. The first-order valence-corrected chi connectivity index (χ1v) is 8.17. The fourth-order valence-electron chi connectivity index (χ4n) is 1.46. The quantitative estimate of drug-likeness (QED) is 0.156. The van der Waals surface area contributed by atoms with E-state index in [2.05, 4.69) is 10.6 Å². The number of aliphatic hydroxyl groups excluding tert-OH is 2. The van der Waals surface area contributed by atoms with Gasteiger partial charge in [0.2, 0.25) is 8.91 Å². The Balaban J connectivity index is 4.48. The topological polar surface area (TPSA) is 136 Å². The zero-order valence-corrected chi connectivity index (χ0v) is 14.4. The van der Waals surface area contributed by atoms with Crippen molar-refractivity contribution in [1.29, 1.82) is 0 Å². The van der Waals surface area contributed by atoms with E-state index in [1.165, 1.54) is 0 Å². The standard InChI is InChI=1S/C11H19IN2O6S/c1-13-6(2-3-8(16)17)11(20)14-7(10(12)19)5-21-9(18)4-15/h6-7,11,13-15,20H,2-5H2,1H3,(H,16,17)/t6-,7-,11?/m0/s1. The van der Waals surface area contributed by atoms with Crippen molar-refractivity contribution in [3.63, 3.8) is 0 Å². The zero-order valence-electron chi connectivity index (χ0n) is 11.4. The second-order valence-electron chi connectivity index (χ2n) is 4.14. The Labute approximate surface area is 140 Å². The van der Waals surface area contributed by atoms with Gasteiger partial charge in [0.25, 0.3) is 0 Å². The summed E-state index contributed by atoms with van der Waals surface area (Å²) in [6.45, 7) is -0.618. The van der Waals surface area contributed by atoms with Crippen molar-refractivity contribution >= 4 is 49.2 Å². The third kappa shape index (κ3) is 9.37. The first-order valence-electron chi connectivity index (χ1n) is 6.10. The lowest BCUT2D eigenvalue weighted by Gasteiger charge is -2.26. The van der Waals surface area contributed by atoms with Gasteiger partial charge in [-0.1, -0.05) is 11.8 Å². The Morgan fingerprint density at radius 2 is 1.95 bits per heavy atom. The Hall–Kier alpha value is -0.270. The molecule has 0 spiro atoms. The van der Waals surface area contributed by atoms with Crippen molar-refractivity contribution < 1.29 is 29.7 Å². The summed E-state index contributed by atoms with van der Waals surface area (Å²) in [4.78, 5) is 33.0. The number of carboxylic acid groups (broad SMARTS) is 1. The van der Waals surface area contributed by atoms with Gasteiger partial charge < -0.3 is 20.6 Å². The number of likely N-dealkylation sites (N-methyl/N-ethyl adjacent to an activating group) is 1. The predicted molar refractivity (Wildman–Crippen MR) is 86.2 cm³/mol. The minimum absolute atomic E-state index is 0.0770. The van der Waals surface area contributed by atoms with Gasteiger partial charge in [0.15, 0.2) is 0 Å². The number of hydrogen-bond donors (Lipinski definition) is 5. The van der Waals surface area contributed by atoms with Crippen LogP contribution < -0.4 is 10.6 Å². The second-order valence-corrected chi connectivity index (χ2v) is 6.28. The highest BCUT2D eigenvalue weighted by atomic mass is 127. The normalized spacial score (nSPS) is 15.2. The molecule has 0 amide bonds. The molecule has 0 aromatic heterocycles. The van der Waals surface area contributed by atoms with E-state index in [4.69, 9.17) is 10.2 Å². The highest BCUT2D eigenvalue weighted by molar-refractivity contribution is 14.1. The average molecular weight is 434 g/mol. The van der Waals surface area contributed by atoms with E-state index in [9.17, 15) is 19.5 Å². The van der Waals surface area contributed by atoms with Gasteiger partial charge in [-0.05, 0) is 13.5 Å². The maximum absolute atomic E-state index is 11.5. The molecule has 0 aliphatic rings. The molecule has 21 heavy (non-hydrogen) atoms. The Morgan fingerprint density at radius 1 is 1.33 bits per heavy atom. The molecular weight excluding hydrogens is 415 g/mol. The molecule has 1 unspecified atom stereocenters. The third-order valence-electron chi connectivity index (χ3n) is 2.61. The van der Waals surface area contributed by atoms with E-state index >= 15 is 0 Å². The monoisotopic (exact) mass is 434 g/mol. The van der Waals surface area contributed by atoms with Crippen LogP contribution >= 0.6 is 34.4 Å². The van der Waals surface area contributed by atoms with Gasteiger partial charge in [-0.3, -0.25) is 19.7 Å². The van der Waals surface area contributed by atoms with Crippen molar-refractivity contribution in [3.8, 4) is 0 Å². The molecule has 0 aromatic carbocycles. The molecule has 0 aliphatic carbocycles. The number of carbonyl (C=O) groups excluding carboxylic acids is 2. The fourth-order valence-corrected chi connectivity index (χ4v) is 2.85. The van der Waals surface area contributed by atoms with E-state index in [0.717, 1.165) is 11.8 Å². The SMILES string of the molecule is CN[C@@H](CCC(=O)O)C(O)N[C@@H](CSC(=O)CO)C(=O)I. The molecule has 0 heterocycles. The first-order chi connectivity index (χ1) is 9.81. The number of carboxylic acids is 1. The van der Waals surface area contributed by atoms with Gasteiger partial charge in [-0.15, -0.1) is 0 Å². The van der Waals surface area contributed by atoms with Crippen molar-refractivity contribution in [2.75, 3.05) is 19.4 Å². The Bertz CT molecular complexity index is 371. The minimum atomic E-state index is -1.14. The van der Waals surface area contributed by atoms with E-state index < -0.39 is 36.0 Å².